The van der Waals surface area contributed by atoms with E-state index in [1.165, 1.54) is 24.7 Å². The van der Waals surface area contributed by atoms with Gasteiger partial charge in [-0.1, -0.05) is 32.5 Å². The summed E-state index contributed by atoms with van der Waals surface area (Å²) >= 11 is 1.90. The second-order valence-electron chi connectivity index (χ2n) is 5.84. The summed E-state index contributed by atoms with van der Waals surface area (Å²) in [5.41, 5.74) is 0. The number of nitrogens with one attached hydrogen (secondary N) is 1. The van der Waals surface area contributed by atoms with Crippen LogP contribution in [-0.4, -0.2) is 48.0 Å². The summed E-state index contributed by atoms with van der Waals surface area (Å²) in [5.74, 6) is 2.54. The maximum absolute atomic E-state index is 4.79. The minimum atomic E-state index is 0.518. The van der Waals surface area contributed by atoms with E-state index in [4.69, 9.17) is 4.99 Å². The third kappa shape index (κ3) is 3.38. The molecule has 0 aromatic heterocycles. The van der Waals surface area contributed by atoms with Gasteiger partial charge in [0, 0.05) is 18.3 Å². The van der Waals surface area contributed by atoms with Gasteiger partial charge < -0.3 is 10.2 Å². The summed E-state index contributed by atoms with van der Waals surface area (Å²) in [4.78, 5) is 7.21. The average molecular weight is 255 g/mol. The van der Waals surface area contributed by atoms with Gasteiger partial charge in [0.05, 0.1) is 6.04 Å². The molecule has 17 heavy (non-hydrogen) atoms. The van der Waals surface area contributed by atoms with E-state index in [1.54, 1.807) is 0 Å². The molecule has 1 N–H and O–H groups in total. The van der Waals surface area contributed by atoms with Crippen LogP contribution >= 0.6 is 11.8 Å². The lowest BCUT2D eigenvalue weighted by atomic mass is 9.94. The molecule has 2 unspecified atom stereocenters. The molecular formula is C13H25N3S. The van der Waals surface area contributed by atoms with Crippen LogP contribution in [0, 0.1) is 11.8 Å². The standard InChI is InChI=1S/C13H25N3S/c1-9(2)12-8-17-13(15-12)14-11-5-6-16(4)7-10(11)3/h9-12H,5-8H2,1-4H3,(H,14,15)/t10?,11?,12-/m1/s1. The van der Waals surface area contributed by atoms with Crippen LogP contribution in [0.15, 0.2) is 4.99 Å². The molecule has 3 atom stereocenters. The second-order valence-corrected chi connectivity index (χ2v) is 6.84. The highest BCUT2D eigenvalue weighted by molar-refractivity contribution is 8.14. The third-order valence-electron chi connectivity index (χ3n) is 3.86. The summed E-state index contributed by atoms with van der Waals surface area (Å²) in [5, 5.41) is 4.84. The number of amidine groups is 1. The number of likely N-dealkylation sites (tertiary alicyclic amines) is 1. The van der Waals surface area contributed by atoms with E-state index in [9.17, 15) is 0 Å². The lowest BCUT2D eigenvalue weighted by Crippen LogP contribution is -2.48. The Morgan fingerprint density at radius 3 is 2.82 bits per heavy atom. The van der Waals surface area contributed by atoms with Gasteiger partial charge in [0.2, 0.25) is 0 Å². The molecule has 4 heteroatoms. The Hall–Kier alpha value is -0.220. The molecule has 0 spiro atoms. The molecule has 2 aliphatic heterocycles. The van der Waals surface area contributed by atoms with Gasteiger partial charge >= 0.3 is 0 Å². The van der Waals surface area contributed by atoms with Crippen molar-refractivity contribution in [1.29, 1.82) is 0 Å². The predicted octanol–water partition coefficient (Wildman–Crippen LogP) is 2.04. The number of hydrogen-bond acceptors (Lipinski definition) is 4. The number of nitrogens with zero attached hydrogens (tertiary/aromatic N) is 2. The first-order valence-electron chi connectivity index (χ1n) is 6.72. The molecule has 0 radical (unpaired) electrons. The largest absolute Gasteiger partial charge is 0.362 e. The third-order valence-corrected chi connectivity index (χ3v) is 4.87. The zero-order chi connectivity index (χ0) is 12.4. The first kappa shape index (κ1) is 13.2. The van der Waals surface area contributed by atoms with Gasteiger partial charge in [0.15, 0.2) is 5.17 Å². The van der Waals surface area contributed by atoms with E-state index < -0.39 is 0 Å². The zero-order valence-electron chi connectivity index (χ0n) is 11.4. The molecule has 0 bridgehead atoms. The molecule has 0 aromatic rings. The second kappa shape index (κ2) is 5.61. The molecule has 2 rings (SSSR count). The van der Waals surface area contributed by atoms with Crippen molar-refractivity contribution in [2.75, 3.05) is 25.9 Å². The van der Waals surface area contributed by atoms with Gasteiger partial charge in [-0.15, -0.1) is 0 Å². The van der Waals surface area contributed by atoms with Crippen LogP contribution < -0.4 is 5.32 Å². The van der Waals surface area contributed by atoms with Gasteiger partial charge in [-0.05, 0) is 31.8 Å². The molecule has 0 aliphatic carbocycles. The van der Waals surface area contributed by atoms with Crippen LogP contribution in [0.1, 0.15) is 27.2 Å². The minimum absolute atomic E-state index is 0.518. The van der Waals surface area contributed by atoms with E-state index >= 15 is 0 Å². The molecule has 2 aliphatic rings. The van der Waals surface area contributed by atoms with E-state index in [2.05, 4.69) is 38.0 Å². The van der Waals surface area contributed by atoms with Crippen LogP contribution in [-0.2, 0) is 0 Å². The van der Waals surface area contributed by atoms with Crippen LogP contribution in [0.25, 0.3) is 0 Å². The molecule has 1 fully saturated rings. The smallest absolute Gasteiger partial charge is 0.157 e. The highest BCUT2D eigenvalue weighted by Gasteiger charge is 2.27. The molecule has 0 aromatic carbocycles. The first-order valence-corrected chi connectivity index (χ1v) is 7.70. The van der Waals surface area contributed by atoms with Crippen LogP contribution in [0.3, 0.4) is 0 Å². The summed E-state index contributed by atoms with van der Waals surface area (Å²) < 4.78 is 0. The molecule has 1 saturated heterocycles. The lowest BCUT2D eigenvalue weighted by molar-refractivity contribution is 0.187. The van der Waals surface area contributed by atoms with Crippen LogP contribution in [0.4, 0.5) is 0 Å². The van der Waals surface area contributed by atoms with Crippen molar-refractivity contribution in [2.45, 2.75) is 39.3 Å². The van der Waals surface area contributed by atoms with Crippen LogP contribution in [0.5, 0.6) is 0 Å². The van der Waals surface area contributed by atoms with Crippen molar-refractivity contribution < 1.29 is 0 Å². The summed E-state index contributed by atoms with van der Waals surface area (Å²) in [6, 6.07) is 1.13. The summed E-state index contributed by atoms with van der Waals surface area (Å²) in [7, 11) is 2.21. The Labute approximate surface area is 109 Å². The summed E-state index contributed by atoms with van der Waals surface area (Å²) in [6.07, 6.45) is 1.24. The molecule has 98 valence electrons. The molecule has 0 amide bonds. The van der Waals surface area contributed by atoms with Crippen molar-refractivity contribution in [3.05, 3.63) is 0 Å². The van der Waals surface area contributed by atoms with E-state index in [-0.39, 0.29) is 0 Å². The molecule has 3 nitrogen and oxygen atoms in total. The van der Waals surface area contributed by atoms with Gasteiger partial charge in [-0.25, -0.2) is 0 Å². The number of piperidine rings is 1. The first-order chi connectivity index (χ1) is 8.06. The maximum atomic E-state index is 4.79. The quantitative estimate of drug-likeness (QED) is 0.818. The van der Waals surface area contributed by atoms with Crippen LogP contribution in [0.2, 0.25) is 0 Å². The van der Waals surface area contributed by atoms with E-state index in [0.717, 1.165) is 11.7 Å². The average Bonchev–Trinajstić information content (AvgIpc) is 2.71. The Kier molecular flexibility index (Phi) is 4.36. The monoisotopic (exact) mass is 255 g/mol. The number of rotatable bonds is 2. The molecular weight excluding hydrogens is 230 g/mol. The SMILES string of the molecule is CC1CN(C)CCC1NC1=N[C@@H](C(C)C)CS1. The Morgan fingerprint density at radius 1 is 1.47 bits per heavy atom. The minimum Gasteiger partial charge on any atom is -0.362 e. The summed E-state index contributed by atoms with van der Waals surface area (Å²) in [6.45, 7) is 9.26. The lowest BCUT2D eigenvalue weighted by Gasteiger charge is -2.35. The van der Waals surface area contributed by atoms with Gasteiger partial charge in [-0.2, -0.15) is 0 Å². The van der Waals surface area contributed by atoms with Gasteiger partial charge in [0.25, 0.3) is 0 Å². The van der Waals surface area contributed by atoms with Gasteiger partial charge in [0.1, 0.15) is 0 Å². The number of thioether (sulfide) groups is 1. The molecule has 0 saturated carbocycles. The van der Waals surface area contributed by atoms with E-state index in [1.807, 2.05) is 11.8 Å². The fourth-order valence-electron chi connectivity index (χ4n) is 2.54. The van der Waals surface area contributed by atoms with Crippen molar-refractivity contribution in [2.24, 2.45) is 16.8 Å². The maximum Gasteiger partial charge on any atom is 0.157 e. The highest BCUT2D eigenvalue weighted by Crippen LogP contribution is 2.24. The highest BCUT2D eigenvalue weighted by atomic mass is 32.2. The Balaban J connectivity index is 1.87. The van der Waals surface area contributed by atoms with Crippen molar-refractivity contribution in [3.8, 4) is 0 Å². The zero-order valence-corrected chi connectivity index (χ0v) is 12.3. The van der Waals surface area contributed by atoms with Crippen molar-refractivity contribution >= 4 is 16.9 Å². The Bertz CT molecular complexity index is 290. The Morgan fingerprint density at radius 2 is 2.24 bits per heavy atom. The van der Waals surface area contributed by atoms with E-state index in [0.29, 0.717) is 18.0 Å². The normalized spacial score (nSPS) is 35.1. The van der Waals surface area contributed by atoms with Crippen molar-refractivity contribution in [3.63, 3.8) is 0 Å². The fourth-order valence-corrected chi connectivity index (χ4v) is 3.77. The topological polar surface area (TPSA) is 27.6 Å². The number of aliphatic imine (C=N–C) groups is 1. The van der Waals surface area contributed by atoms with Gasteiger partial charge in [-0.3, -0.25) is 4.99 Å². The molecule has 2 heterocycles. The number of hydrogen-bond donors (Lipinski definition) is 1. The van der Waals surface area contributed by atoms with Crippen molar-refractivity contribution in [1.82, 2.24) is 10.2 Å². The predicted molar refractivity (Wildman–Crippen MR) is 76.7 cm³/mol. The fraction of sp³-hybridized carbons (Fsp3) is 0.923.